The topological polar surface area (TPSA) is 79.0 Å². The number of nitrogens with zero attached hydrogens (tertiary/aromatic N) is 2. The number of ether oxygens (including phenoxy) is 1. The number of amides is 1. The van der Waals surface area contributed by atoms with Crippen molar-refractivity contribution >= 4 is 21.6 Å². The van der Waals surface area contributed by atoms with Gasteiger partial charge in [0, 0.05) is 13.5 Å². The maximum atomic E-state index is 12.6. The van der Waals surface area contributed by atoms with Crippen molar-refractivity contribution in [3.63, 3.8) is 0 Å². The van der Waals surface area contributed by atoms with E-state index < -0.39 is 15.6 Å². The van der Waals surface area contributed by atoms with Crippen LogP contribution in [0.25, 0.3) is 0 Å². The molecule has 27 heavy (non-hydrogen) atoms. The number of hydrogen-bond acceptors (Lipinski definition) is 5. The molecule has 0 aliphatic carbocycles. The molecule has 1 aromatic carbocycles. The number of fused-ring (bicyclic) bond motifs is 1. The molecule has 152 valence electrons. The van der Waals surface area contributed by atoms with Crippen LogP contribution in [0.5, 0.6) is 5.75 Å². The van der Waals surface area contributed by atoms with E-state index in [1.165, 1.54) is 19.1 Å². The summed E-state index contributed by atoms with van der Waals surface area (Å²) in [6, 6.07) is 4.65. The lowest BCUT2D eigenvalue weighted by atomic mass is 10.1. The predicted octanol–water partition coefficient (Wildman–Crippen LogP) is 2.22. The first-order valence-corrected chi connectivity index (χ1v) is 10.9. The van der Waals surface area contributed by atoms with Crippen LogP contribution < -0.4 is 14.4 Å². The normalized spacial score (nSPS) is 16.1. The van der Waals surface area contributed by atoms with Crippen LogP contribution in [0, 0.1) is 0 Å². The second-order valence-electron chi connectivity index (χ2n) is 7.37. The number of nitrogens with one attached hydrogen (secondary N) is 1. The van der Waals surface area contributed by atoms with Crippen molar-refractivity contribution in [2.75, 3.05) is 37.6 Å². The first-order valence-electron chi connectivity index (χ1n) is 9.43. The van der Waals surface area contributed by atoms with Gasteiger partial charge in [0.1, 0.15) is 11.4 Å². The highest BCUT2D eigenvalue weighted by atomic mass is 32.2. The van der Waals surface area contributed by atoms with Gasteiger partial charge < -0.3 is 14.5 Å². The van der Waals surface area contributed by atoms with Crippen molar-refractivity contribution in [2.45, 2.75) is 51.5 Å². The molecular weight excluding hydrogens is 366 g/mol. The molecular formula is C19H31N3O4S. The zero-order valence-electron chi connectivity index (χ0n) is 16.9. The molecule has 1 aliphatic heterocycles. The minimum Gasteiger partial charge on any atom is -0.484 e. The molecule has 1 amide bonds. The number of benzene rings is 1. The number of carbonyl (C=O) groups excluding carboxylic acids is 1. The lowest BCUT2D eigenvalue weighted by molar-refractivity contribution is -0.117. The van der Waals surface area contributed by atoms with E-state index in [2.05, 4.69) is 23.5 Å². The smallest absolute Gasteiger partial charge is 0.240 e. The molecule has 1 heterocycles. The number of hydrogen-bond donors (Lipinski definition) is 1. The summed E-state index contributed by atoms with van der Waals surface area (Å²) in [7, 11) is -3.65. The standard InChI is InChI=1S/C19H31N3O4S/c1-6-21(7-2)12-8-11-20-27(24,25)16-9-10-18-17(13-16)22(15(3)23)14-19(4,5)26-18/h9-10,13,20H,6-8,11-12,14H2,1-5H3. The Hall–Kier alpha value is -1.64. The Morgan fingerprint density at radius 1 is 1.30 bits per heavy atom. The van der Waals surface area contributed by atoms with Crippen molar-refractivity contribution < 1.29 is 17.9 Å². The summed E-state index contributed by atoms with van der Waals surface area (Å²) < 4.78 is 33.8. The van der Waals surface area contributed by atoms with Gasteiger partial charge in [0.15, 0.2) is 0 Å². The summed E-state index contributed by atoms with van der Waals surface area (Å²) in [6.07, 6.45) is 0.739. The quantitative estimate of drug-likeness (QED) is 0.681. The van der Waals surface area contributed by atoms with Gasteiger partial charge in [-0.1, -0.05) is 13.8 Å². The van der Waals surface area contributed by atoms with Crippen LogP contribution in [-0.2, 0) is 14.8 Å². The molecule has 0 radical (unpaired) electrons. The first kappa shape index (κ1) is 21.7. The first-order chi connectivity index (χ1) is 12.6. The zero-order chi connectivity index (χ0) is 20.2. The van der Waals surface area contributed by atoms with Crippen molar-refractivity contribution in [2.24, 2.45) is 0 Å². The van der Waals surface area contributed by atoms with E-state index in [4.69, 9.17) is 4.74 Å². The highest BCUT2D eigenvalue weighted by Gasteiger charge is 2.34. The fourth-order valence-electron chi connectivity index (χ4n) is 3.17. The average Bonchev–Trinajstić information content (AvgIpc) is 2.59. The summed E-state index contributed by atoms with van der Waals surface area (Å²) in [5.41, 5.74) is -0.0327. The molecule has 8 heteroatoms. The second kappa shape index (κ2) is 8.58. The van der Waals surface area contributed by atoms with Crippen LogP contribution in [-0.4, -0.2) is 57.5 Å². The van der Waals surface area contributed by atoms with Crippen LogP contribution in [0.3, 0.4) is 0 Å². The molecule has 0 spiro atoms. The van der Waals surface area contributed by atoms with Gasteiger partial charge in [0.2, 0.25) is 15.9 Å². The van der Waals surface area contributed by atoms with Gasteiger partial charge in [-0.15, -0.1) is 0 Å². The highest BCUT2D eigenvalue weighted by molar-refractivity contribution is 7.89. The molecule has 7 nitrogen and oxygen atoms in total. The average molecular weight is 398 g/mol. The van der Waals surface area contributed by atoms with Gasteiger partial charge in [0.25, 0.3) is 0 Å². The van der Waals surface area contributed by atoms with Crippen LogP contribution >= 0.6 is 0 Å². The third-order valence-corrected chi connectivity index (χ3v) is 6.13. The molecule has 0 saturated carbocycles. The van der Waals surface area contributed by atoms with Crippen molar-refractivity contribution in [3.05, 3.63) is 18.2 Å². The van der Waals surface area contributed by atoms with Gasteiger partial charge in [-0.25, -0.2) is 13.1 Å². The molecule has 1 aliphatic rings. The second-order valence-corrected chi connectivity index (χ2v) is 9.14. The lowest BCUT2D eigenvalue weighted by Gasteiger charge is -2.39. The van der Waals surface area contributed by atoms with E-state index in [1.54, 1.807) is 11.0 Å². The molecule has 0 atom stereocenters. The van der Waals surface area contributed by atoms with Crippen LogP contribution in [0.15, 0.2) is 23.1 Å². The lowest BCUT2D eigenvalue weighted by Crippen LogP contribution is -2.48. The molecule has 2 rings (SSSR count). The Balaban J connectivity index is 2.15. The van der Waals surface area contributed by atoms with Crippen molar-refractivity contribution in [1.29, 1.82) is 0 Å². The third-order valence-electron chi connectivity index (χ3n) is 4.67. The predicted molar refractivity (Wildman–Crippen MR) is 107 cm³/mol. The van der Waals surface area contributed by atoms with Gasteiger partial charge in [-0.05, 0) is 58.1 Å². The van der Waals surface area contributed by atoms with E-state index >= 15 is 0 Å². The Kier molecular flexibility index (Phi) is 6.88. The van der Waals surface area contributed by atoms with Crippen molar-refractivity contribution in [1.82, 2.24) is 9.62 Å². The SMILES string of the molecule is CCN(CC)CCCNS(=O)(=O)c1ccc2c(c1)N(C(C)=O)CC(C)(C)O2. The number of sulfonamides is 1. The number of carbonyl (C=O) groups is 1. The summed E-state index contributed by atoms with van der Waals surface area (Å²) in [5.74, 6) is 0.372. The fourth-order valence-corrected chi connectivity index (χ4v) is 4.26. The van der Waals surface area contributed by atoms with Crippen LogP contribution in [0.1, 0.15) is 41.0 Å². The summed E-state index contributed by atoms with van der Waals surface area (Å²) >= 11 is 0. The molecule has 0 unspecified atom stereocenters. The third kappa shape index (κ3) is 5.43. The van der Waals surface area contributed by atoms with E-state index in [9.17, 15) is 13.2 Å². The number of anilines is 1. The minimum absolute atomic E-state index is 0.138. The molecule has 1 aromatic rings. The van der Waals surface area contributed by atoms with Gasteiger partial charge in [0.05, 0.1) is 17.1 Å². The Morgan fingerprint density at radius 2 is 1.96 bits per heavy atom. The molecule has 1 N–H and O–H groups in total. The van der Waals surface area contributed by atoms with E-state index in [-0.39, 0.29) is 10.8 Å². The Labute approximate surface area is 162 Å². The van der Waals surface area contributed by atoms with Crippen LogP contribution in [0.2, 0.25) is 0 Å². The molecule has 0 bridgehead atoms. The van der Waals surface area contributed by atoms with Crippen molar-refractivity contribution in [3.8, 4) is 5.75 Å². The van der Waals surface area contributed by atoms with Gasteiger partial charge in [-0.2, -0.15) is 0 Å². The Morgan fingerprint density at radius 3 is 2.56 bits per heavy atom. The van der Waals surface area contributed by atoms with E-state index in [1.807, 2.05) is 13.8 Å². The van der Waals surface area contributed by atoms with E-state index in [0.29, 0.717) is 24.5 Å². The Bertz CT molecular complexity index is 773. The summed E-state index contributed by atoms with van der Waals surface area (Å²) in [6.45, 7) is 12.9. The highest BCUT2D eigenvalue weighted by Crippen LogP contribution is 2.38. The maximum Gasteiger partial charge on any atom is 0.240 e. The maximum absolute atomic E-state index is 12.6. The zero-order valence-corrected chi connectivity index (χ0v) is 17.7. The fraction of sp³-hybridized carbons (Fsp3) is 0.632. The van der Waals surface area contributed by atoms with E-state index in [0.717, 1.165) is 26.1 Å². The molecule has 0 saturated heterocycles. The summed E-state index contributed by atoms with van der Waals surface area (Å²) in [5, 5.41) is 0. The number of rotatable bonds is 8. The van der Waals surface area contributed by atoms with Gasteiger partial charge in [-0.3, -0.25) is 4.79 Å². The largest absolute Gasteiger partial charge is 0.484 e. The minimum atomic E-state index is -3.65. The van der Waals surface area contributed by atoms with Gasteiger partial charge >= 0.3 is 0 Å². The van der Waals surface area contributed by atoms with Crippen LogP contribution in [0.4, 0.5) is 5.69 Å². The molecule has 0 fully saturated rings. The monoisotopic (exact) mass is 397 g/mol. The molecule has 0 aromatic heterocycles. The summed E-state index contributed by atoms with van der Waals surface area (Å²) in [4.78, 5) is 16.0.